The second-order valence-electron chi connectivity index (χ2n) is 5.76. The lowest BCUT2D eigenvalue weighted by Crippen LogP contribution is -2.33. The van der Waals surface area contributed by atoms with Crippen LogP contribution in [0, 0.1) is 6.92 Å². The molecular weight excluding hydrogens is 284 g/mol. The van der Waals surface area contributed by atoms with Gasteiger partial charge in [-0.25, -0.2) is 0 Å². The number of benzene rings is 2. The van der Waals surface area contributed by atoms with E-state index in [0.717, 1.165) is 24.1 Å². The van der Waals surface area contributed by atoms with Crippen LogP contribution < -0.4 is 10.6 Å². The molecule has 2 aromatic carbocycles. The molecule has 0 aliphatic rings. The van der Waals surface area contributed by atoms with Gasteiger partial charge in [-0.15, -0.1) is 0 Å². The highest BCUT2D eigenvalue weighted by molar-refractivity contribution is 5.81. The van der Waals surface area contributed by atoms with Crippen LogP contribution in [0.5, 0.6) is 0 Å². The van der Waals surface area contributed by atoms with E-state index in [2.05, 4.69) is 61.7 Å². The van der Waals surface area contributed by atoms with Crippen LogP contribution >= 0.6 is 0 Å². The van der Waals surface area contributed by atoms with Gasteiger partial charge in [0.15, 0.2) is 0 Å². The van der Waals surface area contributed by atoms with Gasteiger partial charge in [-0.1, -0.05) is 62.4 Å². The molecular formula is C20H26N2O. The zero-order chi connectivity index (χ0) is 16.7. The predicted octanol–water partition coefficient (Wildman–Crippen LogP) is 4.24. The van der Waals surface area contributed by atoms with Crippen molar-refractivity contribution in [2.45, 2.75) is 39.7 Å². The van der Waals surface area contributed by atoms with E-state index < -0.39 is 0 Å². The number of amides is 1. The van der Waals surface area contributed by atoms with Crippen molar-refractivity contribution in [1.82, 2.24) is 5.32 Å². The number of para-hydroxylation sites is 1. The van der Waals surface area contributed by atoms with Gasteiger partial charge in [0.1, 0.15) is 0 Å². The smallest absolute Gasteiger partial charge is 0.239 e. The fourth-order valence-electron chi connectivity index (χ4n) is 2.80. The molecule has 0 saturated carbocycles. The molecule has 0 bridgehead atoms. The molecule has 1 atom stereocenters. The normalized spacial score (nSPS) is 11.8. The first-order valence-corrected chi connectivity index (χ1v) is 8.32. The van der Waals surface area contributed by atoms with E-state index >= 15 is 0 Å². The summed E-state index contributed by atoms with van der Waals surface area (Å²) in [5, 5.41) is 6.41. The molecule has 1 unspecified atom stereocenters. The maximum Gasteiger partial charge on any atom is 0.239 e. The predicted molar refractivity (Wildman–Crippen MR) is 96.7 cm³/mol. The number of carbonyl (C=O) groups excluding carboxylic acids is 1. The lowest BCUT2D eigenvalue weighted by Gasteiger charge is -2.19. The second-order valence-corrected chi connectivity index (χ2v) is 5.76. The third-order valence-electron chi connectivity index (χ3n) is 4.11. The van der Waals surface area contributed by atoms with Gasteiger partial charge in [0.2, 0.25) is 5.91 Å². The minimum absolute atomic E-state index is 0.0195. The lowest BCUT2D eigenvalue weighted by atomic mass is 10.0. The van der Waals surface area contributed by atoms with Gasteiger partial charge in [0.05, 0.1) is 12.6 Å². The molecule has 1 amide bonds. The summed E-state index contributed by atoms with van der Waals surface area (Å²) in [6.07, 6.45) is 1.83. The van der Waals surface area contributed by atoms with Crippen molar-refractivity contribution in [2.75, 3.05) is 11.9 Å². The fourth-order valence-corrected chi connectivity index (χ4v) is 2.80. The minimum atomic E-state index is 0.0195. The largest absolute Gasteiger partial charge is 0.376 e. The first-order chi connectivity index (χ1) is 11.2. The van der Waals surface area contributed by atoms with Crippen LogP contribution in [0.25, 0.3) is 0 Å². The van der Waals surface area contributed by atoms with Gasteiger partial charge in [-0.05, 0) is 36.5 Å². The highest BCUT2D eigenvalue weighted by atomic mass is 16.1. The average molecular weight is 310 g/mol. The van der Waals surface area contributed by atoms with Crippen LogP contribution in [0.2, 0.25) is 0 Å². The van der Waals surface area contributed by atoms with E-state index in [1.165, 1.54) is 11.1 Å². The van der Waals surface area contributed by atoms with Crippen LogP contribution in [-0.4, -0.2) is 12.5 Å². The second kappa shape index (κ2) is 8.37. The molecule has 23 heavy (non-hydrogen) atoms. The molecule has 3 heteroatoms. The summed E-state index contributed by atoms with van der Waals surface area (Å²) in [6.45, 7) is 6.57. The Hall–Kier alpha value is -2.29. The number of nitrogens with one attached hydrogen (secondary N) is 2. The van der Waals surface area contributed by atoms with Crippen molar-refractivity contribution in [1.29, 1.82) is 0 Å². The van der Waals surface area contributed by atoms with E-state index in [-0.39, 0.29) is 11.9 Å². The quantitative estimate of drug-likeness (QED) is 0.803. The summed E-state index contributed by atoms with van der Waals surface area (Å²) >= 11 is 0. The highest BCUT2D eigenvalue weighted by Gasteiger charge is 2.13. The topological polar surface area (TPSA) is 41.1 Å². The number of anilines is 1. The van der Waals surface area contributed by atoms with Crippen molar-refractivity contribution < 1.29 is 4.79 Å². The van der Waals surface area contributed by atoms with E-state index in [1.807, 2.05) is 18.2 Å². The maximum absolute atomic E-state index is 12.3. The molecule has 0 aliphatic carbocycles. The van der Waals surface area contributed by atoms with Crippen LogP contribution in [0.1, 0.15) is 43.0 Å². The molecule has 122 valence electrons. The van der Waals surface area contributed by atoms with Crippen molar-refractivity contribution in [3.8, 4) is 0 Å². The molecule has 0 fully saturated rings. The first-order valence-electron chi connectivity index (χ1n) is 8.32. The molecule has 0 aliphatic heterocycles. The molecule has 2 aromatic rings. The molecule has 2 rings (SSSR count). The summed E-state index contributed by atoms with van der Waals surface area (Å²) in [6, 6.07) is 16.4. The Labute approximate surface area is 139 Å². The zero-order valence-electron chi connectivity index (χ0n) is 14.2. The SMILES string of the molecule is CCc1cccc(C)c1NCC(=O)NC(CC)c1ccccc1. The van der Waals surface area contributed by atoms with Crippen LogP contribution in [0.15, 0.2) is 48.5 Å². The molecule has 2 N–H and O–H groups in total. The van der Waals surface area contributed by atoms with Crippen LogP contribution in [0.3, 0.4) is 0 Å². The van der Waals surface area contributed by atoms with E-state index in [4.69, 9.17) is 0 Å². The Bertz CT molecular complexity index is 637. The number of aryl methyl sites for hydroxylation is 2. The standard InChI is InChI=1S/C20H26N2O/c1-4-16-13-9-10-15(3)20(16)21-14-19(23)22-18(5-2)17-11-7-6-8-12-17/h6-13,18,21H,4-5,14H2,1-3H3,(H,22,23). The summed E-state index contributed by atoms with van der Waals surface area (Å²) in [5.74, 6) is 0.0195. The molecule has 0 radical (unpaired) electrons. The third-order valence-corrected chi connectivity index (χ3v) is 4.11. The maximum atomic E-state index is 12.3. The third kappa shape index (κ3) is 4.59. The van der Waals surface area contributed by atoms with E-state index in [1.54, 1.807) is 0 Å². The fraction of sp³-hybridized carbons (Fsp3) is 0.350. The molecule has 0 spiro atoms. The van der Waals surface area contributed by atoms with E-state index in [9.17, 15) is 4.79 Å². The summed E-state index contributed by atoms with van der Waals surface area (Å²) in [7, 11) is 0. The monoisotopic (exact) mass is 310 g/mol. The number of hydrogen-bond donors (Lipinski definition) is 2. The Morgan fingerprint density at radius 1 is 1.04 bits per heavy atom. The van der Waals surface area contributed by atoms with E-state index in [0.29, 0.717) is 6.54 Å². The molecule has 0 heterocycles. The number of hydrogen-bond acceptors (Lipinski definition) is 2. The zero-order valence-corrected chi connectivity index (χ0v) is 14.2. The Morgan fingerprint density at radius 2 is 1.78 bits per heavy atom. The van der Waals surface area contributed by atoms with Gasteiger partial charge in [-0.3, -0.25) is 4.79 Å². The van der Waals surface area contributed by atoms with Gasteiger partial charge >= 0.3 is 0 Å². The van der Waals surface area contributed by atoms with Crippen molar-refractivity contribution >= 4 is 11.6 Å². The summed E-state index contributed by atoms with van der Waals surface area (Å²) in [5.41, 5.74) is 4.64. The molecule has 3 nitrogen and oxygen atoms in total. The van der Waals surface area contributed by atoms with Gasteiger partial charge in [0.25, 0.3) is 0 Å². The lowest BCUT2D eigenvalue weighted by molar-refractivity contribution is -0.120. The van der Waals surface area contributed by atoms with Gasteiger partial charge in [0, 0.05) is 5.69 Å². The van der Waals surface area contributed by atoms with Crippen molar-refractivity contribution in [2.24, 2.45) is 0 Å². The van der Waals surface area contributed by atoms with Crippen molar-refractivity contribution in [3.63, 3.8) is 0 Å². The number of carbonyl (C=O) groups is 1. The Morgan fingerprint density at radius 3 is 2.43 bits per heavy atom. The Kier molecular flexibility index (Phi) is 6.21. The average Bonchev–Trinajstić information content (AvgIpc) is 2.59. The highest BCUT2D eigenvalue weighted by Crippen LogP contribution is 2.21. The summed E-state index contributed by atoms with van der Waals surface area (Å²) in [4.78, 5) is 12.3. The number of rotatable bonds is 7. The van der Waals surface area contributed by atoms with Gasteiger partial charge in [-0.2, -0.15) is 0 Å². The minimum Gasteiger partial charge on any atom is -0.376 e. The van der Waals surface area contributed by atoms with Crippen LogP contribution in [-0.2, 0) is 11.2 Å². The first kappa shape index (κ1) is 17.1. The van der Waals surface area contributed by atoms with Crippen LogP contribution in [0.4, 0.5) is 5.69 Å². The summed E-state index contributed by atoms with van der Waals surface area (Å²) < 4.78 is 0. The van der Waals surface area contributed by atoms with Crippen molar-refractivity contribution in [3.05, 3.63) is 65.2 Å². The Balaban J connectivity index is 1.97. The molecule has 0 aromatic heterocycles. The van der Waals surface area contributed by atoms with Gasteiger partial charge < -0.3 is 10.6 Å². The molecule has 0 saturated heterocycles.